The molecule has 1 unspecified atom stereocenters. The van der Waals surface area contributed by atoms with E-state index >= 15 is 0 Å². The number of hydrogen-bond acceptors (Lipinski definition) is 2. The van der Waals surface area contributed by atoms with Crippen molar-refractivity contribution in [1.29, 1.82) is 0 Å². The highest BCUT2D eigenvalue weighted by Gasteiger charge is 2.47. The van der Waals surface area contributed by atoms with Crippen molar-refractivity contribution in [3.63, 3.8) is 0 Å². The van der Waals surface area contributed by atoms with E-state index < -0.39 is 5.41 Å². The van der Waals surface area contributed by atoms with Crippen LogP contribution in [0, 0.1) is 0 Å². The molecule has 0 N–H and O–H groups in total. The van der Waals surface area contributed by atoms with Crippen molar-refractivity contribution in [2.45, 2.75) is 15.2 Å². The lowest BCUT2D eigenvalue weighted by Crippen LogP contribution is -2.35. The van der Waals surface area contributed by atoms with Crippen LogP contribution in [0.25, 0.3) is 34.1 Å². The molecular weight excluding hydrogens is 524 g/mol. The van der Waals surface area contributed by atoms with Crippen LogP contribution in [0.3, 0.4) is 0 Å². The van der Waals surface area contributed by atoms with E-state index in [1.807, 2.05) is 17.8 Å². The molecule has 0 saturated heterocycles. The highest BCUT2D eigenvalue weighted by molar-refractivity contribution is 9.10. The Hall–Kier alpha value is -3.53. The molecule has 0 fully saturated rings. The predicted molar refractivity (Wildman–Crippen MR) is 153 cm³/mol. The Balaban J connectivity index is 1.61. The first-order valence-corrected chi connectivity index (χ1v) is 13.7. The minimum atomic E-state index is -0.472. The second-order valence-corrected chi connectivity index (χ2v) is 11.4. The zero-order chi connectivity index (χ0) is 23.9. The van der Waals surface area contributed by atoms with E-state index in [0.29, 0.717) is 0 Å². The van der Waals surface area contributed by atoms with Crippen molar-refractivity contribution in [2.24, 2.45) is 0 Å². The molecule has 5 aromatic carbocycles. The van der Waals surface area contributed by atoms with Gasteiger partial charge in [0.15, 0.2) is 0 Å². The van der Waals surface area contributed by atoms with E-state index in [1.165, 1.54) is 48.6 Å². The van der Waals surface area contributed by atoms with Gasteiger partial charge in [0, 0.05) is 20.1 Å². The fraction of sp³-hybridized carbons (Fsp3) is 0.0303. The molecule has 8 rings (SSSR count). The highest BCUT2D eigenvalue weighted by Crippen LogP contribution is 2.59. The van der Waals surface area contributed by atoms with Gasteiger partial charge in [0.1, 0.15) is 11.2 Å². The molecule has 0 amide bonds. The largest absolute Gasteiger partial charge is 0.455 e. The van der Waals surface area contributed by atoms with E-state index in [-0.39, 0.29) is 0 Å². The van der Waals surface area contributed by atoms with Crippen LogP contribution in [-0.4, -0.2) is 0 Å². The summed E-state index contributed by atoms with van der Waals surface area (Å²) in [5.74, 6) is 0. The van der Waals surface area contributed by atoms with Gasteiger partial charge in [-0.3, -0.25) is 0 Å². The maximum atomic E-state index is 6.58. The average molecular weight is 543 g/mol. The Morgan fingerprint density at radius 3 is 2.28 bits per heavy atom. The maximum absolute atomic E-state index is 6.58. The first-order chi connectivity index (χ1) is 17.7. The van der Waals surface area contributed by atoms with Crippen molar-refractivity contribution in [3.05, 3.63) is 141 Å². The van der Waals surface area contributed by atoms with Gasteiger partial charge in [-0.25, -0.2) is 0 Å². The van der Waals surface area contributed by atoms with Crippen molar-refractivity contribution in [1.82, 2.24) is 0 Å². The van der Waals surface area contributed by atoms with Gasteiger partial charge in [0.2, 0.25) is 0 Å². The van der Waals surface area contributed by atoms with E-state index in [2.05, 4.69) is 125 Å². The smallest absolute Gasteiger partial charge is 0.149 e. The van der Waals surface area contributed by atoms with Gasteiger partial charge in [-0.05, 0) is 57.6 Å². The molecule has 1 spiro atoms. The quantitative estimate of drug-likeness (QED) is 0.189. The van der Waals surface area contributed by atoms with Crippen LogP contribution < -0.4 is 0 Å². The van der Waals surface area contributed by atoms with Crippen LogP contribution in [0.15, 0.2) is 122 Å². The van der Waals surface area contributed by atoms with E-state index in [9.17, 15) is 0 Å². The summed E-state index contributed by atoms with van der Waals surface area (Å²) in [6.45, 7) is 0. The summed E-state index contributed by atoms with van der Waals surface area (Å²) in [4.78, 5) is 2.47. The molecule has 2 aliphatic rings. The monoisotopic (exact) mass is 542 g/mol. The molecule has 1 aliphatic carbocycles. The lowest BCUT2D eigenvalue weighted by atomic mass is 9.63. The molecule has 0 bridgehead atoms. The van der Waals surface area contributed by atoms with E-state index in [0.717, 1.165) is 21.0 Å². The second-order valence-electron chi connectivity index (χ2n) is 9.42. The average Bonchev–Trinajstić information content (AvgIpc) is 3.24. The van der Waals surface area contributed by atoms with Gasteiger partial charge in [-0.1, -0.05) is 119 Å². The summed E-state index contributed by atoms with van der Waals surface area (Å²) in [5, 5.41) is 2.33. The first-order valence-electron chi connectivity index (χ1n) is 12.0. The predicted octanol–water partition coefficient (Wildman–Crippen LogP) is 9.68. The minimum absolute atomic E-state index is 0.472. The highest BCUT2D eigenvalue weighted by atomic mass is 79.9. The molecule has 1 aromatic heterocycles. The maximum Gasteiger partial charge on any atom is 0.149 e. The standard InChI is InChI=1S/C33H19BrOS/c34-22-15-17-26-21(19-22)14-13-20-7-1-3-9-25(20)33(26)27-10-4-6-12-30(27)36-32-28(33)18-16-24-23-8-2-5-11-29(23)35-31(24)32/h1-19H. The Labute approximate surface area is 221 Å². The summed E-state index contributed by atoms with van der Waals surface area (Å²) in [6, 6.07) is 37.4. The van der Waals surface area contributed by atoms with Gasteiger partial charge < -0.3 is 4.42 Å². The third kappa shape index (κ3) is 2.62. The van der Waals surface area contributed by atoms with Crippen molar-refractivity contribution in [3.8, 4) is 0 Å². The summed E-state index contributed by atoms with van der Waals surface area (Å²) in [5.41, 5.74) is 9.07. The number of para-hydroxylation sites is 1. The SMILES string of the molecule is Brc1ccc2c(c1)C=Cc1ccccc1C21c2ccccc2Sc2c1ccc1c2oc2ccccc21. The number of rotatable bonds is 0. The van der Waals surface area contributed by atoms with E-state index in [4.69, 9.17) is 4.42 Å². The number of benzene rings is 5. The van der Waals surface area contributed by atoms with Gasteiger partial charge >= 0.3 is 0 Å². The van der Waals surface area contributed by atoms with Crippen molar-refractivity contribution >= 4 is 61.8 Å². The van der Waals surface area contributed by atoms with Gasteiger partial charge in [0.05, 0.1) is 10.3 Å². The van der Waals surface area contributed by atoms with Gasteiger partial charge in [-0.15, -0.1) is 0 Å². The Kier molecular flexibility index (Phi) is 4.29. The van der Waals surface area contributed by atoms with Gasteiger partial charge in [0.25, 0.3) is 0 Å². The van der Waals surface area contributed by atoms with Crippen LogP contribution in [0.2, 0.25) is 0 Å². The van der Waals surface area contributed by atoms with Crippen LogP contribution in [-0.2, 0) is 5.41 Å². The molecule has 0 saturated carbocycles. The van der Waals surface area contributed by atoms with Crippen LogP contribution in [0.5, 0.6) is 0 Å². The second kappa shape index (κ2) is 7.49. The Bertz CT molecular complexity index is 1900. The zero-order valence-corrected chi connectivity index (χ0v) is 21.6. The number of furan rings is 1. The number of hydrogen-bond donors (Lipinski definition) is 0. The molecule has 0 radical (unpaired) electrons. The van der Waals surface area contributed by atoms with Crippen LogP contribution >= 0.6 is 27.7 Å². The molecule has 1 aliphatic heterocycles. The first kappa shape index (κ1) is 20.6. The molecule has 1 atom stereocenters. The molecule has 3 heteroatoms. The molecule has 6 aromatic rings. The van der Waals surface area contributed by atoms with Gasteiger partial charge in [-0.2, -0.15) is 0 Å². The molecule has 2 heterocycles. The van der Waals surface area contributed by atoms with Crippen LogP contribution in [0.1, 0.15) is 33.4 Å². The van der Waals surface area contributed by atoms with Crippen LogP contribution in [0.4, 0.5) is 0 Å². The lowest BCUT2D eigenvalue weighted by molar-refractivity contribution is 0.645. The van der Waals surface area contributed by atoms with E-state index in [1.54, 1.807) is 0 Å². The lowest BCUT2D eigenvalue weighted by Gasteiger charge is -2.42. The van der Waals surface area contributed by atoms with Crippen molar-refractivity contribution < 1.29 is 4.42 Å². The molecule has 170 valence electrons. The third-order valence-electron chi connectivity index (χ3n) is 7.63. The zero-order valence-electron chi connectivity index (χ0n) is 19.2. The number of fused-ring (bicyclic) bond motifs is 12. The summed E-state index contributed by atoms with van der Waals surface area (Å²) in [7, 11) is 0. The number of halogens is 1. The molecule has 1 nitrogen and oxygen atoms in total. The third-order valence-corrected chi connectivity index (χ3v) is 9.31. The summed E-state index contributed by atoms with van der Waals surface area (Å²) >= 11 is 5.56. The Morgan fingerprint density at radius 1 is 0.611 bits per heavy atom. The topological polar surface area (TPSA) is 13.1 Å². The fourth-order valence-corrected chi connectivity index (χ4v) is 7.83. The summed E-state index contributed by atoms with van der Waals surface area (Å²) < 4.78 is 7.66. The molecule has 36 heavy (non-hydrogen) atoms. The van der Waals surface area contributed by atoms with Crippen molar-refractivity contribution in [2.75, 3.05) is 0 Å². The molecular formula is C33H19BrOS. The minimum Gasteiger partial charge on any atom is -0.455 e. The normalized spacial score (nSPS) is 17.5. The fourth-order valence-electron chi connectivity index (χ4n) is 6.18. The Morgan fingerprint density at radius 2 is 1.33 bits per heavy atom. The summed E-state index contributed by atoms with van der Waals surface area (Å²) in [6.07, 6.45) is 4.52.